The van der Waals surface area contributed by atoms with E-state index in [1.165, 1.54) is 0 Å². The molecule has 46 heavy (non-hydrogen) atoms. The van der Waals surface area contributed by atoms with Crippen LogP contribution in [0.1, 0.15) is 57.6 Å². The van der Waals surface area contributed by atoms with Gasteiger partial charge in [-0.05, 0) is 47.8 Å². The Morgan fingerprint density at radius 3 is 2.24 bits per heavy atom. The van der Waals surface area contributed by atoms with Crippen LogP contribution in [-0.2, 0) is 55.1 Å². The van der Waals surface area contributed by atoms with Gasteiger partial charge in [0.1, 0.15) is 23.9 Å². The van der Waals surface area contributed by atoms with E-state index in [2.05, 4.69) is 20.8 Å². The van der Waals surface area contributed by atoms with E-state index in [9.17, 15) is 14.5 Å². The zero-order valence-electron chi connectivity index (χ0n) is 26.4. The van der Waals surface area contributed by atoms with E-state index in [0.29, 0.717) is 25.7 Å². The van der Waals surface area contributed by atoms with Gasteiger partial charge in [0.2, 0.25) is 0 Å². The molecule has 0 radical (unpaired) electrons. The second kappa shape index (κ2) is 10.8. The van der Waals surface area contributed by atoms with Crippen molar-refractivity contribution < 1.29 is 47.0 Å². The number of carbonyl (C=O) groups is 1. The van der Waals surface area contributed by atoms with E-state index in [0.717, 1.165) is 22.3 Å². The molecule has 2 saturated carbocycles. The monoisotopic (exact) mass is 652 g/mol. The van der Waals surface area contributed by atoms with E-state index < -0.39 is 42.9 Å². The number of epoxide rings is 2. The van der Waals surface area contributed by atoms with Crippen molar-refractivity contribution in [3.05, 3.63) is 82.9 Å². The quantitative estimate of drug-likeness (QED) is 0.141. The molecule has 246 valence electrons. The van der Waals surface area contributed by atoms with Gasteiger partial charge in [-0.2, -0.15) is 0 Å². The van der Waals surface area contributed by atoms with Gasteiger partial charge in [0.25, 0.3) is 0 Å². The summed E-state index contributed by atoms with van der Waals surface area (Å²) < 4.78 is 56.6. The Balaban J connectivity index is 1.05. The number of cyclic esters (lactones) is 1. The summed E-state index contributed by atoms with van der Waals surface area (Å²) in [6.07, 6.45) is 0.986. The van der Waals surface area contributed by atoms with Crippen LogP contribution in [-0.4, -0.2) is 59.6 Å². The largest absolute Gasteiger partial charge is 0.477 e. The minimum atomic E-state index is -4.11. The van der Waals surface area contributed by atoms with Crippen LogP contribution in [0.15, 0.2) is 71.8 Å². The molecule has 10 nitrogen and oxygen atoms in total. The van der Waals surface area contributed by atoms with Crippen molar-refractivity contribution in [3.8, 4) is 0 Å². The van der Waals surface area contributed by atoms with Crippen LogP contribution in [0.3, 0.4) is 0 Å². The van der Waals surface area contributed by atoms with Crippen LogP contribution in [0.25, 0.3) is 0 Å². The number of aliphatic hydroxyl groups is 1. The molecule has 8 rings (SSSR count). The third-order valence-corrected chi connectivity index (χ3v) is 13.1. The van der Waals surface area contributed by atoms with Crippen molar-refractivity contribution >= 4 is 13.8 Å². The molecule has 0 amide bonds. The molecular formula is C35H41O10P. The van der Waals surface area contributed by atoms with Gasteiger partial charge in [-0.3, -0.25) is 13.6 Å². The molecule has 8 atom stereocenters. The van der Waals surface area contributed by atoms with Crippen molar-refractivity contribution in [1.29, 1.82) is 0 Å². The van der Waals surface area contributed by atoms with E-state index in [1.54, 1.807) is 0 Å². The van der Waals surface area contributed by atoms with Crippen molar-refractivity contribution in [2.75, 3.05) is 13.4 Å². The summed E-state index contributed by atoms with van der Waals surface area (Å²) in [5, 5.41) is 12.9. The molecule has 4 fully saturated rings. The van der Waals surface area contributed by atoms with Gasteiger partial charge in [0.05, 0.1) is 25.4 Å². The molecule has 3 aliphatic heterocycles. The van der Waals surface area contributed by atoms with E-state index in [1.807, 2.05) is 60.7 Å². The molecule has 0 bridgehead atoms. The molecule has 1 N–H and O–H groups in total. The Kier molecular flexibility index (Phi) is 7.26. The second-order valence-electron chi connectivity index (χ2n) is 14.1. The van der Waals surface area contributed by atoms with Gasteiger partial charge in [-0.25, -0.2) is 9.36 Å². The topological polar surface area (TPSA) is 126 Å². The number of phosphoric ester groups is 1. The average Bonchev–Trinajstić information content (AvgIpc) is 3.94. The number of carbonyl (C=O) groups excluding carboxylic acids is 1. The first-order valence-corrected chi connectivity index (χ1v) is 17.7. The number of benzene rings is 2. The minimum absolute atomic E-state index is 0.0239. The lowest BCUT2D eigenvalue weighted by atomic mass is 9.44. The number of hydrogen-bond donors (Lipinski definition) is 1. The van der Waals surface area contributed by atoms with Gasteiger partial charge in [0.15, 0.2) is 12.4 Å². The predicted octanol–water partition coefficient (Wildman–Crippen LogP) is 5.63. The Hall–Kier alpha value is -2.40. The molecule has 3 heterocycles. The first-order valence-electron chi connectivity index (χ1n) is 16.3. The molecule has 1 unspecified atom stereocenters. The second-order valence-corrected chi connectivity index (χ2v) is 15.8. The summed E-state index contributed by atoms with van der Waals surface area (Å²) in [5.41, 5.74) is -0.216. The Labute approximate surface area is 268 Å². The molecule has 6 aliphatic rings. The lowest BCUT2D eigenvalue weighted by molar-refractivity contribution is -0.232. The number of ether oxygens (including phenoxy) is 4. The Morgan fingerprint density at radius 2 is 1.61 bits per heavy atom. The highest BCUT2D eigenvalue weighted by molar-refractivity contribution is 7.48. The summed E-state index contributed by atoms with van der Waals surface area (Å²) in [7, 11) is -4.11. The molecule has 1 spiro atoms. The molecular weight excluding hydrogens is 611 g/mol. The first kappa shape index (κ1) is 30.9. The van der Waals surface area contributed by atoms with Gasteiger partial charge in [-0.1, -0.05) is 81.4 Å². The fourth-order valence-electron chi connectivity index (χ4n) is 9.19. The van der Waals surface area contributed by atoms with E-state index in [4.69, 9.17) is 32.5 Å². The molecule has 2 saturated heterocycles. The number of esters is 1. The first-order chi connectivity index (χ1) is 22.1. The lowest BCUT2D eigenvalue weighted by Crippen LogP contribution is -2.74. The van der Waals surface area contributed by atoms with Crippen molar-refractivity contribution in [2.45, 2.75) is 94.8 Å². The number of fused-ring (bicyclic) bond motifs is 4. The lowest BCUT2D eigenvalue weighted by Gasteiger charge is -2.60. The maximum absolute atomic E-state index is 14.0. The maximum atomic E-state index is 14.0. The summed E-state index contributed by atoms with van der Waals surface area (Å²) in [6.45, 7) is 6.19. The fourth-order valence-corrected chi connectivity index (χ4v) is 10.2. The number of hydrogen-bond acceptors (Lipinski definition) is 10. The third kappa shape index (κ3) is 4.42. The maximum Gasteiger partial charge on any atom is 0.477 e. The Bertz CT molecular complexity index is 1550. The normalized spacial score (nSPS) is 38.8. The van der Waals surface area contributed by atoms with Crippen molar-refractivity contribution in [1.82, 2.24) is 0 Å². The number of phosphoric acid groups is 1. The van der Waals surface area contributed by atoms with E-state index >= 15 is 0 Å². The zero-order valence-corrected chi connectivity index (χ0v) is 27.3. The fraction of sp³-hybridized carbons (Fsp3) is 0.571. The van der Waals surface area contributed by atoms with Crippen LogP contribution in [0, 0.1) is 17.3 Å². The summed E-state index contributed by atoms with van der Waals surface area (Å²) in [5.74, 6) is -0.236. The standard InChI is InChI=1S/C35H41O10P/c1-22(2)34-29(44-34)17-33(37)32(3)15-14-25-26(20-39-30(25)36)27(32)16-28-35(33,45-28)31(34)40-21-43-46(38,41-18-23-10-6-4-7-11-23)42-19-24-12-8-5-9-13-24/h4-13,22,27-29,31,37H,14-21H2,1-3H3/t27-,28?,29-,31+,32-,33+,34-,35+/m0/s1. The highest BCUT2D eigenvalue weighted by Crippen LogP contribution is 2.76. The van der Waals surface area contributed by atoms with Crippen LogP contribution < -0.4 is 0 Å². The third-order valence-electron chi connectivity index (χ3n) is 11.8. The van der Waals surface area contributed by atoms with Crippen molar-refractivity contribution in [2.24, 2.45) is 17.3 Å². The van der Waals surface area contributed by atoms with Gasteiger partial charge >= 0.3 is 13.8 Å². The van der Waals surface area contributed by atoms with Crippen LogP contribution >= 0.6 is 7.82 Å². The molecule has 11 heteroatoms. The smallest absolute Gasteiger partial charge is 0.458 e. The Morgan fingerprint density at radius 1 is 0.957 bits per heavy atom. The van der Waals surface area contributed by atoms with Crippen molar-refractivity contribution in [3.63, 3.8) is 0 Å². The molecule has 2 aromatic carbocycles. The van der Waals surface area contributed by atoms with Gasteiger partial charge < -0.3 is 24.1 Å². The van der Waals surface area contributed by atoms with Crippen LogP contribution in [0.2, 0.25) is 0 Å². The minimum Gasteiger partial charge on any atom is -0.458 e. The summed E-state index contributed by atoms with van der Waals surface area (Å²) in [4.78, 5) is 12.5. The number of rotatable bonds is 11. The van der Waals surface area contributed by atoms with Gasteiger partial charge in [0, 0.05) is 17.4 Å². The van der Waals surface area contributed by atoms with Crippen LogP contribution in [0.5, 0.6) is 0 Å². The molecule has 0 aromatic heterocycles. The summed E-state index contributed by atoms with van der Waals surface area (Å²) >= 11 is 0. The van der Waals surface area contributed by atoms with Crippen LogP contribution in [0.4, 0.5) is 0 Å². The molecule has 3 aliphatic carbocycles. The predicted molar refractivity (Wildman–Crippen MR) is 164 cm³/mol. The highest BCUT2D eigenvalue weighted by atomic mass is 31.2. The van der Waals surface area contributed by atoms with Gasteiger partial charge in [-0.15, -0.1) is 0 Å². The SMILES string of the molecule is CC(C)[C@]12O[C@H]1C[C@@]1(O)[C@@]3(C)CCC4=C(COC4=O)[C@@H]3CC3O[C@@]31[C@@H]2OCOP(=O)(OCc1ccccc1)OCc1ccccc1. The zero-order chi connectivity index (χ0) is 32.0. The average molecular weight is 653 g/mol. The molecule has 2 aromatic rings. The summed E-state index contributed by atoms with van der Waals surface area (Å²) in [6, 6.07) is 18.8. The van der Waals surface area contributed by atoms with E-state index in [-0.39, 0.29) is 49.8 Å². The highest BCUT2D eigenvalue weighted by Gasteiger charge is 2.91.